The lowest BCUT2D eigenvalue weighted by Gasteiger charge is -2.06. The van der Waals surface area contributed by atoms with Crippen molar-refractivity contribution < 1.29 is 17.7 Å². The molecule has 0 unspecified atom stereocenters. The predicted octanol–water partition coefficient (Wildman–Crippen LogP) is 5.98. The van der Waals surface area contributed by atoms with Crippen LogP contribution in [0.4, 0.5) is 0 Å². The SMILES string of the molecule is c1coc(-c2nnc(SCCSc3nnc(-c4ccco4)c(-c4ccco4)n3)nc2-c2ccco2)c1. The van der Waals surface area contributed by atoms with Gasteiger partial charge in [0.25, 0.3) is 0 Å². The Morgan fingerprint density at radius 1 is 0.472 bits per heavy atom. The Morgan fingerprint density at radius 2 is 0.833 bits per heavy atom. The first-order valence-electron chi connectivity index (χ1n) is 10.8. The van der Waals surface area contributed by atoms with Crippen molar-refractivity contribution in [3.63, 3.8) is 0 Å². The molecule has 6 heterocycles. The molecule has 0 fully saturated rings. The van der Waals surface area contributed by atoms with Gasteiger partial charge in [-0.05, 0) is 48.5 Å². The Morgan fingerprint density at radius 3 is 1.17 bits per heavy atom. The van der Waals surface area contributed by atoms with Crippen LogP contribution in [-0.2, 0) is 0 Å². The molecular formula is C24H16N6O4S2. The summed E-state index contributed by atoms with van der Waals surface area (Å²) in [4.78, 5) is 9.33. The molecule has 0 aliphatic heterocycles. The smallest absolute Gasteiger partial charge is 0.209 e. The van der Waals surface area contributed by atoms with E-state index in [1.165, 1.54) is 23.5 Å². The maximum atomic E-state index is 5.55. The van der Waals surface area contributed by atoms with Gasteiger partial charge in [-0.3, -0.25) is 0 Å². The molecule has 10 nitrogen and oxygen atoms in total. The predicted molar refractivity (Wildman–Crippen MR) is 132 cm³/mol. The van der Waals surface area contributed by atoms with Crippen molar-refractivity contribution in [1.29, 1.82) is 0 Å². The summed E-state index contributed by atoms with van der Waals surface area (Å²) in [7, 11) is 0. The third-order valence-electron chi connectivity index (χ3n) is 4.90. The zero-order valence-corrected chi connectivity index (χ0v) is 20.1. The number of rotatable bonds is 9. The maximum Gasteiger partial charge on any atom is 0.209 e. The molecule has 12 heteroatoms. The van der Waals surface area contributed by atoms with Gasteiger partial charge in [-0.1, -0.05) is 23.5 Å². The highest BCUT2D eigenvalue weighted by Gasteiger charge is 2.19. The highest BCUT2D eigenvalue weighted by molar-refractivity contribution is 8.02. The Hall–Kier alpha value is -4.16. The van der Waals surface area contributed by atoms with Crippen molar-refractivity contribution in [3.8, 4) is 45.8 Å². The van der Waals surface area contributed by atoms with Gasteiger partial charge in [0, 0.05) is 11.5 Å². The average molecular weight is 517 g/mol. The molecular weight excluding hydrogens is 500 g/mol. The number of furan rings is 4. The van der Waals surface area contributed by atoms with Crippen LogP contribution in [0.15, 0.2) is 102 Å². The molecule has 0 saturated heterocycles. The van der Waals surface area contributed by atoms with Crippen LogP contribution in [0.25, 0.3) is 45.8 Å². The molecule has 0 saturated carbocycles. The first-order valence-corrected chi connectivity index (χ1v) is 12.7. The lowest BCUT2D eigenvalue weighted by Crippen LogP contribution is -2.00. The minimum Gasteiger partial charge on any atom is -0.463 e. The molecule has 0 bridgehead atoms. The van der Waals surface area contributed by atoms with E-state index in [9.17, 15) is 0 Å². The summed E-state index contributed by atoms with van der Waals surface area (Å²) in [6.07, 6.45) is 6.35. The quantitative estimate of drug-likeness (QED) is 0.165. The van der Waals surface area contributed by atoms with Gasteiger partial charge in [-0.15, -0.1) is 20.4 Å². The van der Waals surface area contributed by atoms with Crippen LogP contribution in [0, 0.1) is 0 Å². The summed E-state index contributed by atoms with van der Waals surface area (Å²) >= 11 is 2.95. The number of thioether (sulfide) groups is 2. The Kier molecular flexibility index (Phi) is 6.33. The average Bonchev–Trinajstić information content (AvgIpc) is 3.74. The molecule has 0 aromatic carbocycles. The van der Waals surface area contributed by atoms with Crippen molar-refractivity contribution in [2.45, 2.75) is 10.3 Å². The number of nitrogens with zero attached hydrogens (tertiary/aromatic N) is 6. The second kappa shape index (κ2) is 10.2. The second-order valence-electron chi connectivity index (χ2n) is 7.19. The minimum absolute atomic E-state index is 0.523. The van der Waals surface area contributed by atoms with Gasteiger partial charge in [0.1, 0.15) is 11.4 Å². The molecule has 6 aromatic heterocycles. The summed E-state index contributed by atoms with van der Waals surface area (Å²) in [5.74, 6) is 3.72. The van der Waals surface area contributed by atoms with Crippen LogP contribution in [0.3, 0.4) is 0 Å². The number of hydrogen-bond acceptors (Lipinski definition) is 12. The largest absolute Gasteiger partial charge is 0.463 e. The zero-order chi connectivity index (χ0) is 24.2. The van der Waals surface area contributed by atoms with Crippen LogP contribution in [0.2, 0.25) is 0 Å². The van der Waals surface area contributed by atoms with Crippen LogP contribution in [0.5, 0.6) is 0 Å². The van der Waals surface area contributed by atoms with Gasteiger partial charge < -0.3 is 17.7 Å². The van der Waals surface area contributed by atoms with E-state index in [1.807, 2.05) is 24.3 Å². The molecule has 36 heavy (non-hydrogen) atoms. The summed E-state index contributed by atoms with van der Waals surface area (Å²) in [5.41, 5.74) is 2.19. The van der Waals surface area contributed by atoms with Crippen LogP contribution in [0.1, 0.15) is 0 Å². The van der Waals surface area contributed by atoms with Gasteiger partial charge in [-0.2, -0.15) is 0 Å². The van der Waals surface area contributed by atoms with E-state index in [4.69, 9.17) is 17.7 Å². The fraction of sp³-hybridized carbons (Fsp3) is 0.0833. The lowest BCUT2D eigenvalue weighted by molar-refractivity contribution is 0.567. The molecule has 0 spiro atoms. The van der Waals surface area contributed by atoms with Crippen molar-refractivity contribution in [3.05, 3.63) is 73.6 Å². The Balaban J connectivity index is 1.16. The summed E-state index contributed by atoms with van der Waals surface area (Å²) in [6.45, 7) is 0. The normalized spacial score (nSPS) is 11.2. The van der Waals surface area contributed by atoms with Gasteiger partial charge in [0.05, 0.1) is 25.1 Å². The van der Waals surface area contributed by atoms with Crippen molar-refractivity contribution in [1.82, 2.24) is 30.4 Å². The monoisotopic (exact) mass is 516 g/mol. The first-order chi connectivity index (χ1) is 17.8. The van der Waals surface area contributed by atoms with E-state index in [0.717, 1.165) is 0 Å². The van der Waals surface area contributed by atoms with E-state index >= 15 is 0 Å². The van der Waals surface area contributed by atoms with E-state index in [2.05, 4.69) is 30.4 Å². The second-order valence-corrected chi connectivity index (χ2v) is 9.31. The third-order valence-corrected chi connectivity index (χ3v) is 6.84. The van der Waals surface area contributed by atoms with Gasteiger partial charge in [0.15, 0.2) is 34.4 Å². The Labute approximate surface area is 212 Å². The van der Waals surface area contributed by atoms with Crippen molar-refractivity contribution in [2.24, 2.45) is 0 Å². The highest BCUT2D eigenvalue weighted by Crippen LogP contribution is 2.32. The van der Waals surface area contributed by atoms with Crippen molar-refractivity contribution in [2.75, 3.05) is 11.5 Å². The van der Waals surface area contributed by atoms with Crippen molar-refractivity contribution >= 4 is 23.5 Å². The maximum absolute atomic E-state index is 5.55. The fourth-order valence-corrected chi connectivity index (χ4v) is 4.88. The molecule has 0 radical (unpaired) electrons. The van der Waals surface area contributed by atoms with Crippen LogP contribution < -0.4 is 0 Å². The van der Waals surface area contributed by atoms with Crippen LogP contribution in [-0.4, -0.2) is 41.9 Å². The van der Waals surface area contributed by atoms with Gasteiger partial charge >= 0.3 is 0 Å². The molecule has 6 rings (SSSR count). The highest BCUT2D eigenvalue weighted by atomic mass is 32.2. The molecule has 0 aliphatic rings. The summed E-state index contributed by atoms with van der Waals surface area (Å²) < 4.78 is 22.1. The van der Waals surface area contributed by atoms with E-state index in [0.29, 0.717) is 67.6 Å². The van der Waals surface area contributed by atoms with Gasteiger partial charge in [-0.25, -0.2) is 9.97 Å². The molecule has 6 aromatic rings. The molecule has 0 amide bonds. The standard InChI is InChI=1S/C24H16N6O4S2/c1-5-15(31-9-1)19-21(17-7-3-11-33-17)27-29-23(25-19)35-13-14-36-24-26-20(16-6-2-10-32-16)22(28-30-24)18-8-4-12-34-18/h1-12H,13-14H2. The van der Waals surface area contributed by atoms with Gasteiger partial charge in [0.2, 0.25) is 10.3 Å². The number of hydrogen-bond donors (Lipinski definition) is 0. The molecule has 0 N–H and O–H groups in total. The summed E-state index contributed by atoms with van der Waals surface area (Å²) in [6, 6.07) is 14.5. The number of aromatic nitrogens is 6. The van der Waals surface area contributed by atoms with E-state index in [1.54, 1.807) is 49.3 Å². The Bertz CT molecular complexity index is 1420. The third kappa shape index (κ3) is 4.68. The molecule has 178 valence electrons. The summed E-state index contributed by atoms with van der Waals surface area (Å²) in [5, 5.41) is 18.3. The topological polar surface area (TPSA) is 130 Å². The molecule has 0 atom stereocenters. The van der Waals surface area contributed by atoms with E-state index < -0.39 is 0 Å². The van der Waals surface area contributed by atoms with E-state index in [-0.39, 0.29) is 0 Å². The minimum atomic E-state index is 0.523. The van der Waals surface area contributed by atoms with Crippen LogP contribution >= 0.6 is 23.5 Å². The zero-order valence-electron chi connectivity index (χ0n) is 18.5. The molecule has 0 aliphatic carbocycles. The first kappa shape index (κ1) is 22.3. The lowest BCUT2D eigenvalue weighted by atomic mass is 10.2. The fourth-order valence-electron chi connectivity index (χ4n) is 3.34.